The maximum Gasteiger partial charge on any atom is 0.161 e. The van der Waals surface area contributed by atoms with E-state index in [1.807, 2.05) is 6.92 Å². The Kier molecular flexibility index (Phi) is 12.8. The second-order valence-electron chi connectivity index (χ2n) is 12.7. The Hall–Kier alpha value is -0.320. The maximum atomic E-state index is 10.4. The van der Waals surface area contributed by atoms with Crippen molar-refractivity contribution < 1.29 is 38.6 Å². The van der Waals surface area contributed by atoms with Crippen LogP contribution >= 0.6 is 0 Å². The van der Waals surface area contributed by atoms with Crippen molar-refractivity contribution in [2.75, 3.05) is 0 Å². The summed E-state index contributed by atoms with van der Waals surface area (Å²) < 4.78 is 37.6. The molecule has 4 rings (SSSR count). The van der Waals surface area contributed by atoms with Crippen LogP contribution in [0.5, 0.6) is 0 Å². The zero-order valence-electron chi connectivity index (χ0n) is 24.9. The summed E-state index contributed by atoms with van der Waals surface area (Å²) >= 11 is 0. The number of aliphatic hydroxyl groups is 2. The van der Waals surface area contributed by atoms with E-state index in [1.165, 1.54) is 25.7 Å². The Morgan fingerprint density at radius 2 is 1.31 bits per heavy atom. The molecule has 8 nitrogen and oxygen atoms in total. The molecule has 11 unspecified atom stereocenters. The fraction of sp³-hybridized carbons (Fsp3) is 1.00. The highest BCUT2D eigenvalue weighted by molar-refractivity contribution is 4.82. The molecule has 0 radical (unpaired) electrons. The maximum absolute atomic E-state index is 10.4. The van der Waals surface area contributed by atoms with Gasteiger partial charge in [0.25, 0.3) is 0 Å². The van der Waals surface area contributed by atoms with Crippen molar-refractivity contribution in [3.8, 4) is 0 Å². The molecule has 3 saturated heterocycles. The predicted molar refractivity (Wildman–Crippen MR) is 148 cm³/mol. The third kappa shape index (κ3) is 10.2. The van der Waals surface area contributed by atoms with Gasteiger partial charge in [-0.15, -0.1) is 0 Å². The molecule has 0 aromatic carbocycles. The molecule has 0 aromatic heterocycles. The molecule has 0 spiro atoms. The van der Waals surface area contributed by atoms with E-state index in [1.54, 1.807) is 0 Å². The Bertz CT molecular complexity index is 688. The van der Waals surface area contributed by atoms with Gasteiger partial charge in [-0.3, -0.25) is 0 Å². The lowest BCUT2D eigenvalue weighted by atomic mass is 9.97. The van der Waals surface area contributed by atoms with Gasteiger partial charge in [0.2, 0.25) is 0 Å². The second-order valence-corrected chi connectivity index (χ2v) is 12.7. The Balaban J connectivity index is 1.21. The Morgan fingerprint density at radius 1 is 0.692 bits per heavy atom. The first kappa shape index (κ1) is 31.6. The lowest BCUT2D eigenvalue weighted by Gasteiger charge is -2.41. The molecular weight excluding hydrogens is 500 g/mol. The molecule has 0 bridgehead atoms. The van der Waals surface area contributed by atoms with Crippen molar-refractivity contribution >= 4 is 0 Å². The van der Waals surface area contributed by atoms with Gasteiger partial charge in [0, 0.05) is 18.8 Å². The summed E-state index contributed by atoms with van der Waals surface area (Å²) in [7, 11) is 0. The second kappa shape index (κ2) is 15.8. The van der Waals surface area contributed by atoms with Crippen LogP contribution in [0.15, 0.2) is 0 Å². The number of rotatable bonds is 13. The average molecular weight is 557 g/mol. The monoisotopic (exact) mass is 556 g/mol. The third-order valence-corrected chi connectivity index (χ3v) is 9.02. The first-order valence-corrected chi connectivity index (χ1v) is 16.1. The van der Waals surface area contributed by atoms with Crippen molar-refractivity contribution in [2.45, 2.75) is 192 Å². The van der Waals surface area contributed by atoms with Gasteiger partial charge in [0.05, 0.1) is 48.8 Å². The summed E-state index contributed by atoms with van der Waals surface area (Å²) in [6.07, 6.45) is 12.7. The zero-order valence-corrected chi connectivity index (χ0v) is 24.9. The third-order valence-electron chi connectivity index (χ3n) is 9.02. The van der Waals surface area contributed by atoms with E-state index in [4.69, 9.17) is 28.4 Å². The van der Waals surface area contributed by atoms with Crippen LogP contribution in [0.4, 0.5) is 0 Å². The van der Waals surface area contributed by atoms with Crippen molar-refractivity contribution in [3.05, 3.63) is 0 Å². The van der Waals surface area contributed by atoms with Crippen LogP contribution in [0.1, 0.15) is 124 Å². The lowest BCUT2D eigenvalue weighted by Crippen LogP contribution is -2.44. The van der Waals surface area contributed by atoms with Gasteiger partial charge in [0.1, 0.15) is 0 Å². The number of ether oxygens (including phenoxy) is 6. The van der Waals surface area contributed by atoms with Crippen LogP contribution in [-0.4, -0.2) is 77.9 Å². The molecule has 4 aliphatic rings. The van der Waals surface area contributed by atoms with Gasteiger partial charge in [-0.1, -0.05) is 26.7 Å². The summed E-state index contributed by atoms with van der Waals surface area (Å²) in [5.41, 5.74) is 0. The minimum atomic E-state index is -0.556. The minimum absolute atomic E-state index is 0.0521. The van der Waals surface area contributed by atoms with Gasteiger partial charge in [-0.2, -0.15) is 0 Å². The number of aliphatic hydroxyl groups excluding tert-OH is 2. The molecule has 0 aromatic rings. The first-order valence-electron chi connectivity index (χ1n) is 16.1. The molecule has 2 N–H and O–H groups in total. The molecular formula is C31H56O8. The summed E-state index contributed by atoms with van der Waals surface area (Å²) in [5, 5.41) is 20.2. The van der Waals surface area contributed by atoms with Crippen LogP contribution in [0.3, 0.4) is 0 Å². The molecule has 228 valence electrons. The summed E-state index contributed by atoms with van der Waals surface area (Å²) in [5.74, 6) is 0.541. The lowest BCUT2D eigenvalue weighted by molar-refractivity contribution is -0.282. The average Bonchev–Trinajstić information content (AvgIpc) is 3.43. The fourth-order valence-corrected chi connectivity index (χ4v) is 6.85. The minimum Gasteiger partial charge on any atom is -0.393 e. The quantitative estimate of drug-likeness (QED) is 0.303. The van der Waals surface area contributed by atoms with E-state index in [9.17, 15) is 10.2 Å². The molecule has 39 heavy (non-hydrogen) atoms. The highest BCUT2D eigenvalue weighted by atomic mass is 16.7. The first-order chi connectivity index (χ1) is 18.8. The smallest absolute Gasteiger partial charge is 0.161 e. The molecule has 0 amide bonds. The van der Waals surface area contributed by atoms with Crippen molar-refractivity contribution in [1.82, 2.24) is 0 Å². The van der Waals surface area contributed by atoms with E-state index in [2.05, 4.69) is 20.8 Å². The van der Waals surface area contributed by atoms with Crippen LogP contribution in [0, 0.1) is 5.92 Å². The fourth-order valence-electron chi connectivity index (χ4n) is 6.85. The van der Waals surface area contributed by atoms with E-state index >= 15 is 0 Å². The summed E-state index contributed by atoms with van der Waals surface area (Å²) in [6.45, 7) is 8.36. The van der Waals surface area contributed by atoms with E-state index < -0.39 is 12.2 Å². The van der Waals surface area contributed by atoms with Crippen molar-refractivity contribution in [3.63, 3.8) is 0 Å². The molecule has 1 saturated carbocycles. The molecule has 1 aliphatic carbocycles. The zero-order chi connectivity index (χ0) is 27.8. The van der Waals surface area contributed by atoms with E-state index in [0.29, 0.717) is 25.2 Å². The largest absolute Gasteiger partial charge is 0.393 e. The van der Waals surface area contributed by atoms with Gasteiger partial charge in [0.15, 0.2) is 18.9 Å². The normalized spacial score (nSPS) is 40.0. The highest BCUT2D eigenvalue weighted by Gasteiger charge is 2.38. The SMILES string of the molecule is CCC(O)CC(O)CC1CC(C)OC(CCCC2OC(CC)CC(CC3CC(C)OC(C4CCCC4)O3)O2)O1. The van der Waals surface area contributed by atoms with Crippen molar-refractivity contribution in [1.29, 1.82) is 0 Å². The Morgan fingerprint density at radius 3 is 2.03 bits per heavy atom. The molecule has 11 atom stereocenters. The summed E-state index contributed by atoms with van der Waals surface area (Å²) in [6, 6.07) is 0. The van der Waals surface area contributed by atoms with Gasteiger partial charge >= 0.3 is 0 Å². The van der Waals surface area contributed by atoms with Gasteiger partial charge in [-0.05, 0) is 84.5 Å². The van der Waals surface area contributed by atoms with Crippen molar-refractivity contribution in [2.24, 2.45) is 5.92 Å². The topological polar surface area (TPSA) is 95.8 Å². The standard InChI is InChI=1S/C31H56O8/c1-5-23(32)16-24(33)17-26-14-20(3)34-29(37-26)12-9-13-30-36-25(6-2)18-28(38-30)19-27-15-21(4)35-31(39-27)22-10-7-8-11-22/h20-33H,5-19H2,1-4H3. The predicted octanol–water partition coefficient (Wildman–Crippen LogP) is 5.60. The number of hydrogen-bond donors (Lipinski definition) is 2. The summed E-state index contributed by atoms with van der Waals surface area (Å²) in [4.78, 5) is 0. The van der Waals surface area contributed by atoms with Crippen LogP contribution in [0.25, 0.3) is 0 Å². The number of hydrogen-bond acceptors (Lipinski definition) is 8. The molecule has 4 fully saturated rings. The van der Waals surface area contributed by atoms with Gasteiger partial charge < -0.3 is 38.6 Å². The van der Waals surface area contributed by atoms with E-state index in [-0.39, 0.29) is 55.5 Å². The molecule has 3 aliphatic heterocycles. The van der Waals surface area contributed by atoms with Crippen LogP contribution < -0.4 is 0 Å². The Labute approximate surface area is 236 Å². The highest BCUT2D eigenvalue weighted by Crippen LogP contribution is 2.36. The van der Waals surface area contributed by atoms with Gasteiger partial charge in [-0.25, -0.2) is 0 Å². The molecule has 3 heterocycles. The molecule has 8 heteroatoms. The van der Waals surface area contributed by atoms with Crippen LogP contribution in [0.2, 0.25) is 0 Å². The van der Waals surface area contributed by atoms with E-state index in [0.717, 1.165) is 51.4 Å². The van der Waals surface area contributed by atoms with Crippen LogP contribution in [-0.2, 0) is 28.4 Å².